The van der Waals surface area contributed by atoms with Gasteiger partial charge in [-0.2, -0.15) is 0 Å². The summed E-state index contributed by atoms with van der Waals surface area (Å²) in [4.78, 5) is 41.1. The zero-order valence-corrected chi connectivity index (χ0v) is 25.4. The lowest BCUT2D eigenvalue weighted by Crippen LogP contribution is -2.29. The van der Waals surface area contributed by atoms with Crippen LogP contribution in [-0.4, -0.2) is 36.1 Å². The minimum absolute atomic E-state index is 0.153. The van der Waals surface area contributed by atoms with Gasteiger partial charge in [-0.1, -0.05) is 30.3 Å². The Morgan fingerprint density at radius 1 is 0.756 bits per heavy atom. The fourth-order valence-electron chi connectivity index (χ4n) is 7.18. The predicted molar refractivity (Wildman–Crippen MR) is 172 cm³/mol. The minimum Gasteiger partial charge on any atom is -0.508 e. The highest BCUT2D eigenvalue weighted by molar-refractivity contribution is 6.36. The van der Waals surface area contributed by atoms with Crippen LogP contribution in [0.5, 0.6) is 11.5 Å². The number of para-hydroxylation sites is 1. The molecule has 1 aliphatic heterocycles. The van der Waals surface area contributed by atoms with Gasteiger partial charge in [-0.05, 0) is 133 Å². The summed E-state index contributed by atoms with van der Waals surface area (Å²) in [5.41, 5.74) is 9.72. The number of nitrogens with zero attached hydrogens (tertiary/aromatic N) is 1. The summed E-state index contributed by atoms with van der Waals surface area (Å²) in [5, 5.41) is 10.3. The largest absolute Gasteiger partial charge is 0.508 e. The number of benzene rings is 4. The number of hydrogen-bond donors (Lipinski definition) is 1. The Morgan fingerprint density at radius 3 is 2.07 bits per heavy atom. The summed E-state index contributed by atoms with van der Waals surface area (Å²) in [6, 6.07) is 20.8. The van der Waals surface area contributed by atoms with Crippen LogP contribution >= 0.6 is 0 Å². The number of fused-ring (bicyclic) bond motifs is 10. The molecule has 0 spiro atoms. The predicted octanol–water partition coefficient (Wildman–Crippen LogP) is 7.23. The van der Waals surface area contributed by atoms with Gasteiger partial charge in [0.15, 0.2) is 0 Å². The highest BCUT2D eigenvalue weighted by atomic mass is 16.5. The molecule has 0 aromatic heterocycles. The van der Waals surface area contributed by atoms with E-state index in [4.69, 9.17) is 9.47 Å². The van der Waals surface area contributed by atoms with Crippen LogP contribution in [-0.2, 0) is 35.2 Å². The van der Waals surface area contributed by atoms with E-state index in [-0.39, 0.29) is 23.5 Å². The van der Waals surface area contributed by atoms with Crippen molar-refractivity contribution in [2.45, 2.75) is 58.3 Å². The highest BCUT2D eigenvalue weighted by Gasteiger charge is 2.44. The fourth-order valence-corrected chi connectivity index (χ4v) is 7.18. The summed E-state index contributed by atoms with van der Waals surface area (Å²) < 4.78 is 11.1. The van der Waals surface area contributed by atoms with Gasteiger partial charge in [0.05, 0.1) is 30.0 Å². The van der Waals surface area contributed by atoms with Gasteiger partial charge in [0.2, 0.25) is 0 Å². The lowest BCUT2D eigenvalue weighted by atomic mass is 9.72. The van der Waals surface area contributed by atoms with Crippen LogP contribution in [0.4, 0.5) is 5.69 Å². The second-order valence-corrected chi connectivity index (χ2v) is 11.9. The first-order chi connectivity index (χ1) is 22.0. The zero-order chi connectivity index (χ0) is 31.1. The standard InChI is InChI=1S/C38H35NO6/c1-2-44-32(41)11-7-4-8-20-45-27-15-19-29-24(22-27)13-17-31-34(29)33-28-18-14-26(40)21-23(28)12-16-30(33)35-36(31)38(43)39(37(35)42)25-9-5-3-6-10-25/h3,5-6,9-10,14-15,18-19,21-22,40H,2,4,7-8,11-13,16-17,20H2,1H3. The van der Waals surface area contributed by atoms with E-state index in [0.29, 0.717) is 55.7 Å². The summed E-state index contributed by atoms with van der Waals surface area (Å²) >= 11 is 0. The van der Waals surface area contributed by atoms with Crippen molar-refractivity contribution in [1.82, 2.24) is 0 Å². The number of aryl methyl sites for hydroxylation is 2. The Hall–Kier alpha value is -4.91. The molecule has 1 N–H and O–H groups in total. The normalized spacial score (nSPS) is 14.3. The van der Waals surface area contributed by atoms with Crippen LogP contribution in [0.1, 0.15) is 75.6 Å². The molecular weight excluding hydrogens is 566 g/mol. The van der Waals surface area contributed by atoms with Crippen molar-refractivity contribution < 1.29 is 29.0 Å². The molecule has 4 aromatic rings. The minimum atomic E-state index is -0.265. The van der Waals surface area contributed by atoms with Gasteiger partial charge in [-0.25, -0.2) is 4.90 Å². The average Bonchev–Trinajstić information content (AvgIpc) is 3.32. The molecule has 7 rings (SSSR count). The fraction of sp³-hybridized carbons (Fsp3) is 0.289. The Balaban J connectivity index is 1.26. The number of carbonyl (C=O) groups is 3. The molecule has 0 fully saturated rings. The Labute approximate surface area is 262 Å². The number of unbranched alkanes of at least 4 members (excludes halogenated alkanes) is 2. The third-order valence-corrected chi connectivity index (χ3v) is 9.15. The molecule has 45 heavy (non-hydrogen) atoms. The number of hydrogen-bond acceptors (Lipinski definition) is 6. The van der Waals surface area contributed by atoms with Crippen molar-refractivity contribution >= 4 is 23.5 Å². The van der Waals surface area contributed by atoms with Gasteiger partial charge in [0, 0.05) is 6.42 Å². The number of amides is 2. The second kappa shape index (κ2) is 11.9. The maximum atomic E-state index is 14.1. The zero-order valence-electron chi connectivity index (χ0n) is 25.4. The van der Waals surface area contributed by atoms with Crippen LogP contribution in [0.15, 0.2) is 66.7 Å². The van der Waals surface area contributed by atoms with E-state index in [9.17, 15) is 19.5 Å². The first-order valence-electron chi connectivity index (χ1n) is 15.9. The van der Waals surface area contributed by atoms with Gasteiger partial charge < -0.3 is 14.6 Å². The Morgan fingerprint density at radius 2 is 1.40 bits per heavy atom. The summed E-state index contributed by atoms with van der Waals surface area (Å²) in [6.45, 7) is 2.78. The molecule has 0 saturated carbocycles. The van der Waals surface area contributed by atoms with Crippen molar-refractivity contribution in [1.29, 1.82) is 0 Å². The van der Waals surface area contributed by atoms with Crippen LogP contribution in [0, 0.1) is 0 Å². The van der Waals surface area contributed by atoms with Crippen molar-refractivity contribution in [2.75, 3.05) is 18.1 Å². The molecule has 7 nitrogen and oxygen atoms in total. The summed E-state index contributed by atoms with van der Waals surface area (Å²) in [7, 11) is 0. The molecule has 0 radical (unpaired) electrons. The van der Waals surface area contributed by atoms with Crippen LogP contribution in [0.25, 0.3) is 22.3 Å². The molecule has 2 amide bonds. The molecule has 228 valence electrons. The van der Waals surface area contributed by atoms with Gasteiger partial charge in [-0.3, -0.25) is 14.4 Å². The highest BCUT2D eigenvalue weighted by Crippen LogP contribution is 2.51. The molecule has 4 aromatic carbocycles. The van der Waals surface area contributed by atoms with Crippen LogP contribution in [0.3, 0.4) is 0 Å². The van der Waals surface area contributed by atoms with Gasteiger partial charge in [0.1, 0.15) is 11.5 Å². The maximum absolute atomic E-state index is 14.1. The Kier molecular flexibility index (Phi) is 7.61. The number of anilines is 1. The molecule has 0 unspecified atom stereocenters. The molecule has 0 atom stereocenters. The second-order valence-electron chi connectivity index (χ2n) is 11.9. The van der Waals surface area contributed by atoms with E-state index in [1.807, 2.05) is 43.3 Å². The van der Waals surface area contributed by atoms with E-state index in [1.54, 1.807) is 18.2 Å². The Bertz CT molecular complexity index is 1840. The van der Waals surface area contributed by atoms with Crippen LogP contribution in [0.2, 0.25) is 0 Å². The lowest BCUT2D eigenvalue weighted by molar-refractivity contribution is -0.143. The first-order valence-corrected chi connectivity index (χ1v) is 15.9. The lowest BCUT2D eigenvalue weighted by Gasteiger charge is -2.31. The topological polar surface area (TPSA) is 93.1 Å². The van der Waals surface area contributed by atoms with E-state index in [0.717, 1.165) is 75.9 Å². The summed E-state index contributed by atoms with van der Waals surface area (Å²) in [5.74, 6) is 0.336. The molecule has 7 heteroatoms. The molecule has 2 aliphatic carbocycles. The molecule has 0 bridgehead atoms. The van der Waals surface area contributed by atoms with Crippen molar-refractivity contribution in [3.63, 3.8) is 0 Å². The van der Waals surface area contributed by atoms with Crippen molar-refractivity contribution in [3.05, 3.63) is 100 Å². The smallest absolute Gasteiger partial charge is 0.305 e. The van der Waals surface area contributed by atoms with Gasteiger partial charge in [0.25, 0.3) is 11.8 Å². The van der Waals surface area contributed by atoms with Gasteiger partial charge in [-0.15, -0.1) is 0 Å². The van der Waals surface area contributed by atoms with E-state index >= 15 is 0 Å². The first kappa shape index (κ1) is 28.8. The van der Waals surface area contributed by atoms with E-state index in [1.165, 1.54) is 4.90 Å². The van der Waals surface area contributed by atoms with Crippen molar-refractivity contribution in [2.24, 2.45) is 0 Å². The van der Waals surface area contributed by atoms with Crippen LogP contribution < -0.4 is 9.64 Å². The molecule has 0 saturated heterocycles. The monoisotopic (exact) mass is 601 g/mol. The van der Waals surface area contributed by atoms with Gasteiger partial charge >= 0.3 is 5.97 Å². The number of esters is 1. The molecule has 1 heterocycles. The number of aromatic hydroxyl groups is 1. The number of rotatable bonds is 9. The average molecular weight is 602 g/mol. The number of carbonyl (C=O) groups excluding carboxylic acids is 3. The van der Waals surface area contributed by atoms with Crippen molar-refractivity contribution in [3.8, 4) is 33.8 Å². The number of phenols is 1. The quantitative estimate of drug-likeness (QED) is 0.124. The summed E-state index contributed by atoms with van der Waals surface area (Å²) in [6.07, 6.45) is 5.57. The van der Waals surface area contributed by atoms with E-state index < -0.39 is 0 Å². The molecule has 3 aliphatic rings. The number of ether oxygens (including phenoxy) is 2. The molecular formula is C38H35NO6. The number of imide groups is 1. The third-order valence-electron chi connectivity index (χ3n) is 9.15. The third kappa shape index (κ3) is 5.06. The number of phenolic OH excluding ortho intramolecular Hbond substituents is 1. The maximum Gasteiger partial charge on any atom is 0.305 e. The SMILES string of the molecule is CCOC(=O)CCCCCOc1ccc2c(c1)CCc1c3c(c4c(c1-2)-c1ccc(O)cc1CC4)C(=O)N(c1ccccc1)C3=O. The van der Waals surface area contributed by atoms with E-state index in [2.05, 4.69) is 12.1 Å².